The first-order chi connectivity index (χ1) is 6.61. The van der Waals surface area contributed by atoms with Gasteiger partial charge in [-0.2, -0.15) is 5.26 Å². The summed E-state index contributed by atoms with van der Waals surface area (Å²) in [5.74, 6) is 0. The summed E-state index contributed by atoms with van der Waals surface area (Å²) in [5.41, 5.74) is -0.241. The molecule has 0 atom stereocenters. The topological polar surface area (TPSA) is 56.9 Å². The molecule has 0 unspecified atom stereocenters. The molecule has 0 amide bonds. The second kappa shape index (κ2) is 4.61. The van der Waals surface area contributed by atoms with Crippen LogP contribution < -0.4 is 0 Å². The maximum atomic E-state index is 12.4. The number of rotatable bonds is 2. The second-order valence-electron chi connectivity index (χ2n) is 2.42. The van der Waals surface area contributed by atoms with Gasteiger partial charge in [-0.05, 0) is 22.6 Å². The molecule has 0 aliphatic rings. The van der Waals surface area contributed by atoms with Crippen LogP contribution in [0.4, 0.5) is 8.78 Å². The molecule has 3 nitrogen and oxygen atoms in total. The lowest BCUT2D eigenvalue weighted by Gasteiger charge is -2.08. The van der Waals surface area contributed by atoms with Crippen molar-refractivity contribution in [2.24, 2.45) is 0 Å². The molecule has 74 valence electrons. The predicted octanol–water partition coefficient (Wildman–Crippen LogP) is 1.99. The molecule has 0 saturated carbocycles. The van der Waals surface area contributed by atoms with Crippen molar-refractivity contribution in [3.05, 3.63) is 26.6 Å². The van der Waals surface area contributed by atoms with Crippen LogP contribution >= 0.6 is 22.6 Å². The van der Waals surface area contributed by atoms with E-state index < -0.39 is 18.7 Å². The average Bonchev–Trinajstić information content (AvgIpc) is 2.17. The lowest BCUT2D eigenvalue weighted by atomic mass is 10.1. The summed E-state index contributed by atoms with van der Waals surface area (Å²) in [5, 5.41) is 17.5. The van der Waals surface area contributed by atoms with Gasteiger partial charge in [0, 0.05) is 15.3 Å². The van der Waals surface area contributed by atoms with Crippen LogP contribution in [0.1, 0.15) is 23.2 Å². The van der Waals surface area contributed by atoms with Gasteiger partial charge < -0.3 is 5.11 Å². The Morgan fingerprint density at radius 3 is 2.71 bits per heavy atom. The first kappa shape index (κ1) is 11.3. The van der Waals surface area contributed by atoms with Gasteiger partial charge in [0.15, 0.2) is 0 Å². The molecule has 0 radical (unpaired) electrons. The van der Waals surface area contributed by atoms with E-state index in [4.69, 9.17) is 10.4 Å². The van der Waals surface area contributed by atoms with Gasteiger partial charge in [-0.3, -0.25) is 4.98 Å². The van der Waals surface area contributed by atoms with E-state index in [1.54, 1.807) is 22.6 Å². The van der Waals surface area contributed by atoms with Crippen molar-refractivity contribution in [3.8, 4) is 6.07 Å². The fourth-order valence-electron chi connectivity index (χ4n) is 0.960. The molecule has 6 heteroatoms. The molecule has 0 aliphatic carbocycles. The normalized spacial score (nSPS) is 10.3. The molecule has 1 heterocycles. The number of halogens is 3. The molecule has 0 saturated heterocycles. The number of nitrogens with zero attached hydrogens (tertiary/aromatic N) is 2. The molecule has 0 fully saturated rings. The second-order valence-corrected chi connectivity index (χ2v) is 3.50. The zero-order chi connectivity index (χ0) is 10.7. The number of aromatic nitrogens is 1. The number of aliphatic hydroxyl groups is 1. The minimum Gasteiger partial charge on any atom is -0.392 e. The highest BCUT2D eigenvalue weighted by atomic mass is 127. The van der Waals surface area contributed by atoms with E-state index >= 15 is 0 Å². The van der Waals surface area contributed by atoms with E-state index in [0.717, 1.165) is 6.20 Å². The minimum atomic E-state index is -2.74. The van der Waals surface area contributed by atoms with Gasteiger partial charge in [-0.1, -0.05) is 0 Å². The van der Waals surface area contributed by atoms with Crippen molar-refractivity contribution in [2.75, 3.05) is 0 Å². The number of aliphatic hydroxyl groups excluding tert-OH is 1. The highest BCUT2D eigenvalue weighted by Gasteiger charge is 2.18. The summed E-state index contributed by atoms with van der Waals surface area (Å²) in [4.78, 5) is 3.44. The van der Waals surface area contributed by atoms with Crippen LogP contribution in [0.3, 0.4) is 0 Å². The Balaban J connectivity index is 3.38. The third kappa shape index (κ3) is 1.99. The van der Waals surface area contributed by atoms with E-state index in [1.807, 2.05) is 6.07 Å². The summed E-state index contributed by atoms with van der Waals surface area (Å²) in [7, 11) is 0. The summed E-state index contributed by atoms with van der Waals surface area (Å²) in [6.45, 7) is -0.541. The first-order valence-corrected chi connectivity index (χ1v) is 4.66. The SMILES string of the molecule is N#Cc1cnc(C(F)F)c(CO)c1I. The van der Waals surface area contributed by atoms with E-state index in [2.05, 4.69) is 4.98 Å². The molecular weight excluding hydrogens is 305 g/mol. The van der Waals surface area contributed by atoms with Gasteiger partial charge >= 0.3 is 0 Å². The van der Waals surface area contributed by atoms with Crippen LogP contribution in [-0.4, -0.2) is 10.1 Å². The lowest BCUT2D eigenvalue weighted by molar-refractivity contribution is 0.141. The van der Waals surface area contributed by atoms with Gasteiger partial charge in [0.05, 0.1) is 12.2 Å². The fourth-order valence-corrected chi connectivity index (χ4v) is 1.67. The maximum absolute atomic E-state index is 12.4. The summed E-state index contributed by atoms with van der Waals surface area (Å²) >= 11 is 1.74. The van der Waals surface area contributed by atoms with Crippen LogP contribution in [0.15, 0.2) is 6.20 Å². The van der Waals surface area contributed by atoms with E-state index in [9.17, 15) is 8.78 Å². The molecule has 1 N–H and O–H groups in total. The third-order valence-electron chi connectivity index (χ3n) is 1.63. The van der Waals surface area contributed by atoms with E-state index in [-0.39, 0.29) is 11.1 Å². The zero-order valence-corrected chi connectivity index (χ0v) is 8.99. The van der Waals surface area contributed by atoms with Crippen LogP contribution in [0, 0.1) is 14.9 Å². The smallest absolute Gasteiger partial charge is 0.280 e. The van der Waals surface area contributed by atoms with Crippen LogP contribution in [0.2, 0.25) is 0 Å². The van der Waals surface area contributed by atoms with Gasteiger partial charge in [-0.15, -0.1) is 0 Å². The Labute approximate surface area is 92.5 Å². The van der Waals surface area contributed by atoms with Crippen molar-refractivity contribution >= 4 is 22.6 Å². The van der Waals surface area contributed by atoms with Crippen LogP contribution in [-0.2, 0) is 6.61 Å². The molecule has 0 aliphatic heterocycles. The molecule has 0 aromatic carbocycles. The Morgan fingerprint density at radius 2 is 2.29 bits per heavy atom. The molecule has 14 heavy (non-hydrogen) atoms. The van der Waals surface area contributed by atoms with Gasteiger partial charge in [0.2, 0.25) is 0 Å². The monoisotopic (exact) mass is 310 g/mol. The number of pyridine rings is 1. The van der Waals surface area contributed by atoms with Crippen molar-refractivity contribution in [1.82, 2.24) is 4.98 Å². The summed E-state index contributed by atoms with van der Waals surface area (Å²) in [6.07, 6.45) is -1.65. The quantitative estimate of drug-likeness (QED) is 0.850. The number of hydrogen-bond donors (Lipinski definition) is 1. The summed E-state index contributed by atoms with van der Waals surface area (Å²) in [6, 6.07) is 1.81. The third-order valence-corrected chi connectivity index (χ3v) is 2.86. The summed E-state index contributed by atoms with van der Waals surface area (Å²) < 4.78 is 25.1. The largest absolute Gasteiger partial charge is 0.392 e. The molecule has 1 rings (SSSR count). The molecule has 1 aromatic heterocycles. The Bertz CT molecular complexity index is 390. The Kier molecular flexibility index (Phi) is 3.71. The number of hydrogen-bond acceptors (Lipinski definition) is 3. The van der Waals surface area contributed by atoms with Gasteiger partial charge in [0.25, 0.3) is 6.43 Å². The van der Waals surface area contributed by atoms with Gasteiger partial charge in [-0.25, -0.2) is 8.78 Å². The van der Waals surface area contributed by atoms with Crippen molar-refractivity contribution in [3.63, 3.8) is 0 Å². The Hall–Kier alpha value is -0.810. The van der Waals surface area contributed by atoms with Crippen molar-refractivity contribution in [1.29, 1.82) is 5.26 Å². The molecule has 0 bridgehead atoms. The molecule has 0 spiro atoms. The first-order valence-electron chi connectivity index (χ1n) is 3.58. The minimum absolute atomic E-state index is 0.0275. The van der Waals surface area contributed by atoms with Crippen molar-refractivity contribution < 1.29 is 13.9 Å². The lowest BCUT2D eigenvalue weighted by Crippen LogP contribution is -2.03. The predicted molar refractivity (Wildman–Crippen MR) is 52.5 cm³/mol. The fraction of sp³-hybridized carbons (Fsp3) is 0.250. The standard InChI is InChI=1S/C8H5F2IN2O/c9-8(10)7-5(3-14)6(11)4(1-12)2-13-7/h2,8,14H,3H2. The highest BCUT2D eigenvalue weighted by Crippen LogP contribution is 2.26. The van der Waals surface area contributed by atoms with Crippen LogP contribution in [0.25, 0.3) is 0 Å². The zero-order valence-electron chi connectivity index (χ0n) is 6.84. The maximum Gasteiger partial charge on any atom is 0.280 e. The number of nitriles is 1. The van der Waals surface area contributed by atoms with E-state index in [0.29, 0.717) is 3.57 Å². The highest BCUT2D eigenvalue weighted by molar-refractivity contribution is 14.1. The number of alkyl halides is 2. The van der Waals surface area contributed by atoms with Crippen LogP contribution in [0.5, 0.6) is 0 Å². The van der Waals surface area contributed by atoms with Gasteiger partial charge in [0.1, 0.15) is 11.8 Å². The molecular formula is C8H5F2IN2O. The van der Waals surface area contributed by atoms with Crippen molar-refractivity contribution in [2.45, 2.75) is 13.0 Å². The van der Waals surface area contributed by atoms with E-state index in [1.165, 1.54) is 0 Å². The Morgan fingerprint density at radius 1 is 1.64 bits per heavy atom. The molecule has 1 aromatic rings. The average molecular weight is 310 g/mol.